The Morgan fingerprint density at radius 3 is 2.84 bits per heavy atom. The highest BCUT2D eigenvalue weighted by Gasteiger charge is 2.24. The van der Waals surface area contributed by atoms with Crippen LogP contribution in [0.25, 0.3) is 0 Å². The average molecular weight is 251 g/mol. The third-order valence-corrected chi connectivity index (χ3v) is 3.12. The number of carbonyl (C=O) groups excluding carboxylic acids is 1. The van der Waals surface area contributed by atoms with Gasteiger partial charge in [-0.3, -0.25) is 4.79 Å². The first-order valence-electron chi connectivity index (χ1n) is 5.73. The van der Waals surface area contributed by atoms with Crippen LogP contribution >= 0.6 is 0 Å². The monoisotopic (exact) mass is 251 g/mol. The number of nitrogens with zero attached hydrogens (tertiary/aromatic N) is 1. The molecule has 2 aromatic carbocycles. The third-order valence-electron chi connectivity index (χ3n) is 3.12. The number of fused-ring (bicyclic) bond motifs is 2. The van der Waals surface area contributed by atoms with Crippen LogP contribution in [-0.2, 0) is 6.61 Å². The maximum atomic E-state index is 12.4. The van der Waals surface area contributed by atoms with Crippen molar-refractivity contribution in [2.24, 2.45) is 0 Å². The molecule has 0 radical (unpaired) electrons. The lowest BCUT2D eigenvalue weighted by Gasteiger charge is -2.06. The minimum Gasteiger partial charge on any atom is -0.508 e. The number of carbonyl (C=O) groups is 1. The summed E-state index contributed by atoms with van der Waals surface area (Å²) >= 11 is 0. The first kappa shape index (κ1) is 11.3. The summed E-state index contributed by atoms with van der Waals surface area (Å²) < 4.78 is 5.56. The summed E-state index contributed by atoms with van der Waals surface area (Å²) in [4.78, 5) is 12.4. The van der Waals surface area contributed by atoms with E-state index in [0.717, 1.165) is 0 Å². The van der Waals surface area contributed by atoms with Gasteiger partial charge in [0.05, 0.1) is 17.2 Å². The van der Waals surface area contributed by atoms with Gasteiger partial charge in [0.15, 0.2) is 5.78 Å². The molecule has 0 fully saturated rings. The normalized spacial score (nSPS) is 12.7. The fourth-order valence-electron chi connectivity index (χ4n) is 2.18. The summed E-state index contributed by atoms with van der Waals surface area (Å²) in [5.74, 6) is 0.189. The third kappa shape index (κ3) is 1.72. The lowest BCUT2D eigenvalue weighted by Crippen LogP contribution is -2.04. The zero-order valence-electron chi connectivity index (χ0n) is 9.88. The number of hydrogen-bond acceptors (Lipinski definition) is 4. The highest BCUT2D eigenvalue weighted by atomic mass is 16.5. The first-order chi connectivity index (χ1) is 9.20. The van der Waals surface area contributed by atoms with Gasteiger partial charge in [0, 0.05) is 11.1 Å². The molecule has 0 amide bonds. The number of aromatic hydroxyl groups is 1. The minimum absolute atomic E-state index is 0.00980. The Hall–Kier alpha value is -2.80. The van der Waals surface area contributed by atoms with Crippen LogP contribution in [0.5, 0.6) is 11.5 Å². The summed E-state index contributed by atoms with van der Waals surface area (Å²) in [5.41, 5.74) is 1.78. The molecule has 0 spiro atoms. The molecule has 0 aromatic heterocycles. The summed E-state index contributed by atoms with van der Waals surface area (Å²) in [7, 11) is 0. The van der Waals surface area contributed by atoms with Gasteiger partial charge in [-0.05, 0) is 24.3 Å². The molecule has 3 rings (SSSR count). The van der Waals surface area contributed by atoms with Crippen molar-refractivity contribution in [1.82, 2.24) is 0 Å². The molecule has 0 unspecified atom stereocenters. The molecule has 0 atom stereocenters. The van der Waals surface area contributed by atoms with Crippen LogP contribution in [0.15, 0.2) is 36.4 Å². The van der Waals surface area contributed by atoms with Crippen LogP contribution < -0.4 is 4.74 Å². The number of rotatable bonds is 0. The molecule has 1 aliphatic heterocycles. The van der Waals surface area contributed by atoms with Crippen molar-refractivity contribution in [3.8, 4) is 17.6 Å². The van der Waals surface area contributed by atoms with E-state index in [9.17, 15) is 9.90 Å². The Balaban J connectivity index is 2.24. The maximum absolute atomic E-state index is 12.4. The van der Waals surface area contributed by atoms with Gasteiger partial charge in [0.25, 0.3) is 0 Å². The largest absolute Gasteiger partial charge is 0.508 e. The number of phenolic OH excluding ortho intramolecular Hbond substituents is 1. The van der Waals surface area contributed by atoms with E-state index in [1.54, 1.807) is 24.3 Å². The van der Waals surface area contributed by atoms with E-state index in [-0.39, 0.29) is 18.1 Å². The summed E-state index contributed by atoms with van der Waals surface area (Å²) in [6, 6.07) is 11.5. The Morgan fingerprint density at radius 1 is 1.21 bits per heavy atom. The molecule has 1 aliphatic rings. The lowest BCUT2D eigenvalue weighted by molar-refractivity contribution is 0.103. The fraction of sp³-hybridized carbons (Fsp3) is 0.0667. The van der Waals surface area contributed by atoms with E-state index in [1.165, 1.54) is 12.1 Å². The topological polar surface area (TPSA) is 70.3 Å². The van der Waals surface area contributed by atoms with E-state index < -0.39 is 0 Å². The number of hydrogen-bond donors (Lipinski definition) is 1. The summed E-state index contributed by atoms with van der Waals surface area (Å²) in [5, 5.41) is 18.6. The van der Waals surface area contributed by atoms with Crippen LogP contribution in [0.2, 0.25) is 0 Å². The Kier molecular flexibility index (Phi) is 2.46. The van der Waals surface area contributed by atoms with E-state index >= 15 is 0 Å². The Morgan fingerprint density at radius 2 is 2.05 bits per heavy atom. The van der Waals surface area contributed by atoms with Gasteiger partial charge in [0.2, 0.25) is 0 Å². The summed E-state index contributed by atoms with van der Waals surface area (Å²) in [6.45, 7) is 0.169. The smallest absolute Gasteiger partial charge is 0.197 e. The van der Waals surface area contributed by atoms with Gasteiger partial charge in [-0.15, -0.1) is 0 Å². The number of ketones is 1. The second-order valence-electron chi connectivity index (χ2n) is 4.24. The van der Waals surface area contributed by atoms with Crippen molar-refractivity contribution in [2.45, 2.75) is 6.61 Å². The van der Waals surface area contributed by atoms with Crippen LogP contribution in [0.3, 0.4) is 0 Å². The number of ether oxygens (including phenoxy) is 1. The van der Waals surface area contributed by atoms with E-state index in [1.807, 2.05) is 0 Å². The van der Waals surface area contributed by atoms with Crippen LogP contribution in [0.1, 0.15) is 27.0 Å². The zero-order valence-corrected chi connectivity index (χ0v) is 9.88. The van der Waals surface area contributed by atoms with Crippen molar-refractivity contribution in [3.63, 3.8) is 0 Å². The molecule has 4 nitrogen and oxygen atoms in total. The number of phenols is 1. The van der Waals surface area contributed by atoms with E-state index in [2.05, 4.69) is 6.07 Å². The fourth-order valence-corrected chi connectivity index (χ4v) is 2.18. The predicted molar refractivity (Wildman–Crippen MR) is 67.0 cm³/mol. The van der Waals surface area contributed by atoms with E-state index in [4.69, 9.17) is 10.00 Å². The van der Waals surface area contributed by atoms with Gasteiger partial charge in [0.1, 0.15) is 18.1 Å². The molecule has 1 N–H and O–H groups in total. The first-order valence-corrected chi connectivity index (χ1v) is 5.73. The highest BCUT2D eigenvalue weighted by Crippen LogP contribution is 2.31. The second kappa shape index (κ2) is 4.14. The molecule has 0 aliphatic carbocycles. The van der Waals surface area contributed by atoms with Gasteiger partial charge in [-0.2, -0.15) is 5.26 Å². The predicted octanol–water partition coefficient (Wildman–Crippen LogP) is 2.39. The van der Waals surface area contributed by atoms with Gasteiger partial charge < -0.3 is 9.84 Å². The van der Waals surface area contributed by atoms with Gasteiger partial charge in [-0.25, -0.2) is 0 Å². The molecule has 0 saturated carbocycles. The van der Waals surface area contributed by atoms with Crippen LogP contribution in [0, 0.1) is 11.3 Å². The molecular formula is C15H9NO3. The Labute approximate surface area is 109 Å². The molecule has 0 bridgehead atoms. The molecule has 0 saturated heterocycles. The maximum Gasteiger partial charge on any atom is 0.197 e. The lowest BCUT2D eigenvalue weighted by atomic mass is 9.96. The van der Waals surface area contributed by atoms with Crippen LogP contribution in [0.4, 0.5) is 0 Å². The standard InChI is InChI=1S/C15H9NO3/c16-7-9-2-1-3-11-13(9)8-19-14-5-4-10(17)6-12(14)15(11)18/h1-6,17H,8H2. The molecule has 4 heteroatoms. The van der Waals surface area contributed by atoms with Crippen molar-refractivity contribution in [2.75, 3.05) is 0 Å². The molecule has 92 valence electrons. The van der Waals surface area contributed by atoms with Crippen molar-refractivity contribution in [1.29, 1.82) is 5.26 Å². The van der Waals surface area contributed by atoms with Crippen molar-refractivity contribution >= 4 is 5.78 Å². The van der Waals surface area contributed by atoms with E-state index in [0.29, 0.717) is 28.0 Å². The second-order valence-corrected chi connectivity index (χ2v) is 4.24. The van der Waals surface area contributed by atoms with Crippen LogP contribution in [-0.4, -0.2) is 10.9 Å². The zero-order chi connectivity index (χ0) is 13.4. The quantitative estimate of drug-likeness (QED) is 0.780. The van der Waals surface area contributed by atoms with Gasteiger partial charge >= 0.3 is 0 Å². The molecule has 1 heterocycles. The molecule has 19 heavy (non-hydrogen) atoms. The van der Waals surface area contributed by atoms with Crippen molar-refractivity contribution in [3.05, 3.63) is 58.7 Å². The molecular weight excluding hydrogens is 242 g/mol. The van der Waals surface area contributed by atoms with Gasteiger partial charge in [-0.1, -0.05) is 12.1 Å². The SMILES string of the molecule is N#Cc1cccc2c1COc1ccc(O)cc1C2=O. The highest BCUT2D eigenvalue weighted by molar-refractivity contribution is 6.12. The molecule has 2 aromatic rings. The number of benzene rings is 2. The minimum atomic E-state index is -0.240. The Bertz CT molecular complexity index is 729. The summed E-state index contributed by atoms with van der Waals surface area (Å²) in [6.07, 6.45) is 0. The average Bonchev–Trinajstić information content (AvgIpc) is 2.57. The number of nitriles is 1. The van der Waals surface area contributed by atoms with Crippen molar-refractivity contribution < 1.29 is 14.6 Å².